The molecule has 5 rings (SSSR count). The molecule has 0 saturated heterocycles. The number of nitrogens with zero attached hydrogens (tertiary/aromatic N) is 3. The molecule has 164 valence electrons. The zero-order chi connectivity index (χ0) is 21.5. The number of hydrogen-bond acceptors (Lipinski definition) is 5. The van der Waals surface area contributed by atoms with Crippen molar-refractivity contribution in [3.05, 3.63) is 77.8 Å². The largest absolute Gasteiger partial charge is 0.497 e. The van der Waals surface area contributed by atoms with Gasteiger partial charge in [-0.3, -0.25) is 0 Å². The van der Waals surface area contributed by atoms with Crippen molar-refractivity contribution in [1.29, 1.82) is 0 Å². The first-order valence-corrected chi connectivity index (χ1v) is 11.0. The number of nitrogens with one attached hydrogen (secondary N) is 1. The average Bonchev–Trinajstić information content (AvgIpc) is 3.45. The van der Waals surface area contributed by atoms with Crippen molar-refractivity contribution in [2.45, 2.75) is 31.6 Å². The predicted molar refractivity (Wildman–Crippen MR) is 122 cm³/mol. The van der Waals surface area contributed by atoms with Crippen LogP contribution in [0.5, 0.6) is 0 Å². The van der Waals surface area contributed by atoms with Crippen molar-refractivity contribution in [1.82, 2.24) is 14.9 Å². The topological polar surface area (TPSA) is 50.3 Å². The Labute approximate surface area is 184 Å². The van der Waals surface area contributed by atoms with Gasteiger partial charge in [0.15, 0.2) is 0 Å². The Kier molecular flexibility index (Phi) is 5.05. The number of allylic oxidation sites excluding steroid dienone is 7. The molecule has 6 bridgehead atoms. The number of fused-ring (bicyclic) bond motifs is 5. The van der Waals surface area contributed by atoms with Crippen molar-refractivity contribution >= 4 is 5.95 Å². The van der Waals surface area contributed by atoms with Crippen molar-refractivity contribution < 1.29 is 10.6 Å². The normalized spacial score (nSPS) is 33.9. The lowest BCUT2D eigenvalue weighted by Crippen LogP contribution is -2.29. The molecule has 1 aromatic rings. The monoisotopic (exact) mass is 422 g/mol. The molecule has 31 heavy (non-hydrogen) atoms. The molecule has 3 aliphatic carbocycles. The summed E-state index contributed by atoms with van der Waals surface area (Å²) in [5.74, 6) is 1.39. The maximum absolute atomic E-state index is 14.5. The van der Waals surface area contributed by atoms with Crippen LogP contribution in [0.25, 0.3) is 0 Å². The SMILES string of the molecule is CN1C/C=C/CCOC2=CC(F)=CC(C)(C2)c2ccnc(n2)NC2=CC=CC3(CC23)C1.[HH]. The molecule has 0 radical (unpaired) electrons. The number of aromatic nitrogens is 2. The molecule has 2 heterocycles. The zero-order valence-electron chi connectivity index (χ0n) is 18.1. The van der Waals surface area contributed by atoms with Gasteiger partial charge >= 0.3 is 0 Å². The summed E-state index contributed by atoms with van der Waals surface area (Å²) >= 11 is 0. The second kappa shape index (κ2) is 7.75. The van der Waals surface area contributed by atoms with Gasteiger partial charge in [-0.25, -0.2) is 14.4 Å². The van der Waals surface area contributed by atoms with Crippen molar-refractivity contribution in [3.8, 4) is 0 Å². The number of ether oxygens (including phenoxy) is 1. The second-order valence-electron chi connectivity index (χ2n) is 9.40. The summed E-state index contributed by atoms with van der Waals surface area (Å²) in [4.78, 5) is 11.6. The van der Waals surface area contributed by atoms with E-state index in [0.29, 0.717) is 30.7 Å². The van der Waals surface area contributed by atoms with Crippen LogP contribution in [0.2, 0.25) is 0 Å². The summed E-state index contributed by atoms with van der Waals surface area (Å²) in [5, 5.41) is 3.45. The van der Waals surface area contributed by atoms with Crippen LogP contribution in [0.1, 0.15) is 33.3 Å². The van der Waals surface area contributed by atoms with E-state index >= 15 is 0 Å². The number of anilines is 1. The van der Waals surface area contributed by atoms with Gasteiger partial charge in [0.2, 0.25) is 5.95 Å². The van der Waals surface area contributed by atoms with Crippen LogP contribution in [0.15, 0.2) is 72.1 Å². The van der Waals surface area contributed by atoms with Crippen LogP contribution in [-0.4, -0.2) is 41.6 Å². The minimum absolute atomic E-state index is 0. The number of halogens is 1. The first kappa shape index (κ1) is 20.2. The summed E-state index contributed by atoms with van der Waals surface area (Å²) in [6.07, 6.45) is 18.3. The Morgan fingerprint density at radius 1 is 1.35 bits per heavy atom. The standard InChI is InChI=1S/C25H29FN4O.H2/c1-24-14-18(26)13-19(15-24)31-12-5-3-4-11-30(2)17-25-9-6-7-21(20(25)16-25)28-23-27-10-8-22(24)29-23;/h3-4,6-10,13-14,20H,5,11-12,15-17H2,1-2H3,(H,27,28,29);1H/b4-3+;. The van der Waals surface area contributed by atoms with E-state index in [1.165, 1.54) is 6.08 Å². The van der Waals surface area contributed by atoms with Gasteiger partial charge < -0.3 is 15.0 Å². The van der Waals surface area contributed by atoms with Gasteiger partial charge in [0.1, 0.15) is 11.6 Å². The minimum Gasteiger partial charge on any atom is -0.497 e. The molecule has 3 unspecified atom stereocenters. The smallest absolute Gasteiger partial charge is 0.227 e. The van der Waals surface area contributed by atoms with E-state index in [1.807, 2.05) is 13.0 Å². The average molecular weight is 423 g/mol. The fraction of sp³-hybridized carbons (Fsp3) is 0.440. The lowest BCUT2D eigenvalue weighted by Gasteiger charge is -2.30. The van der Waals surface area contributed by atoms with Gasteiger partial charge in [0.05, 0.1) is 12.3 Å². The van der Waals surface area contributed by atoms with E-state index in [0.717, 1.165) is 37.3 Å². The second-order valence-corrected chi connectivity index (χ2v) is 9.40. The van der Waals surface area contributed by atoms with Crippen LogP contribution in [0.3, 0.4) is 0 Å². The van der Waals surface area contributed by atoms with Gasteiger partial charge in [0.25, 0.3) is 0 Å². The lowest BCUT2D eigenvalue weighted by molar-refractivity contribution is 0.193. The highest BCUT2D eigenvalue weighted by molar-refractivity contribution is 5.46. The fourth-order valence-electron chi connectivity index (χ4n) is 5.03. The van der Waals surface area contributed by atoms with Gasteiger partial charge in [-0.1, -0.05) is 24.3 Å². The number of rotatable bonds is 0. The van der Waals surface area contributed by atoms with E-state index in [4.69, 9.17) is 9.72 Å². The summed E-state index contributed by atoms with van der Waals surface area (Å²) in [6.45, 7) is 4.45. The maximum atomic E-state index is 14.5. The predicted octanol–water partition coefficient (Wildman–Crippen LogP) is 4.90. The highest BCUT2D eigenvalue weighted by Gasteiger charge is 2.55. The molecule has 4 aliphatic rings. The molecule has 3 atom stereocenters. The third kappa shape index (κ3) is 4.09. The van der Waals surface area contributed by atoms with Crippen LogP contribution >= 0.6 is 0 Å². The molecule has 0 aromatic carbocycles. The molecule has 0 amide bonds. The molecular formula is C25H31FN4O. The third-order valence-electron chi connectivity index (χ3n) is 6.71. The summed E-state index contributed by atoms with van der Waals surface area (Å²) < 4.78 is 20.4. The van der Waals surface area contributed by atoms with Gasteiger partial charge in [-0.15, -0.1) is 0 Å². The van der Waals surface area contributed by atoms with E-state index in [9.17, 15) is 4.39 Å². The van der Waals surface area contributed by atoms with Crippen LogP contribution < -0.4 is 5.32 Å². The lowest BCUT2D eigenvalue weighted by atomic mass is 9.79. The van der Waals surface area contributed by atoms with Gasteiger partial charge in [-0.05, 0) is 45.0 Å². The Morgan fingerprint density at radius 3 is 3.16 bits per heavy atom. The molecule has 1 fully saturated rings. The van der Waals surface area contributed by atoms with Crippen LogP contribution in [0.4, 0.5) is 10.3 Å². The van der Waals surface area contributed by atoms with Gasteiger partial charge in [-0.2, -0.15) is 0 Å². The zero-order valence-corrected chi connectivity index (χ0v) is 18.1. The molecule has 5 nitrogen and oxygen atoms in total. The third-order valence-corrected chi connectivity index (χ3v) is 6.71. The summed E-state index contributed by atoms with van der Waals surface area (Å²) in [5.41, 5.74) is 1.54. The van der Waals surface area contributed by atoms with Crippen molar-refractivity contribution in [2.24, 2.45) is 11.3 Å². The quantitative estimate of drug-likeness (QED) is 0.603. The van der Waals surface area contributed by atoms with Crippen molar-refractivity contribution in [3.63, 3.8) is 0 Å². The number of hydrogen-bond donors (Lipinski definition) is 1. The molecule has 1 saturated carbocycles. The van der Waals surface area contributed by atoms with E-state index < -0.39 is 5.41 Å². The highest BCUT2D eigenvalue weighted by atomic mass is 19.1. The molecular weight excluding hydrogens is 391 g/mol. The highest BCUT2D eigenvalue weighted by Crippen LogP contribution is 2.59. The van der Waals surface area contributed by atoms with E-state index in [1.54, 1.807) is 12.3 Å². The first-order chi connectivity index (χ1) is 15.0. The molecule has 6 heteroatoms. The maximum Gasteiger partial charge on any atom is 0.227 e. The molecule has 1 aromatic heterocycles. The summed E-state index contributed by atoms with van der Waals surface area (Å²) in [7, 11) is 2.16. The minimum atomic E-state index is -0.582. The van der Waals surface area contributed by atoms with E-state index in [-0.39, 0.29) is 12.7 Å². The Hall–Kier alpha value is -2.73. The Balaban J connectivity index is 0.00000245. The Morgan fingerprint density at radius 2 is 2.26 bits per heavy atom. The summed E-state index contributed by atoms with van der Waals surface area (Å²) in [6, 6.07) is 1.87. The fourth-order valence-corrected chi connectivity index (χ4v) is 5.03. The molecule has 0 spiro atoms. The van der Waals surface area contributed by atoms with Crippen molar-refractivity contribution in [2.75, 3.05) is 32.1 Å². The number of likely N-dealkylation sites (N-methyl/N-ethyl adjacent to an activating group) is 1. The van der Waals surface area contributed by atoms with Crippen LogP contribution in [0, 0.1) is 11.3 Å². The van der Waals surface area contributed by atoms with Gasteiger partial charge in [0, 0.05) is 55.7 Å². The molecule has 1 aliphatic heterocycles. The van der Waals surface area contributed by atoms with Crippen LogP contribution in [-0.2, 0) is 10.2 Å². The molecule has 1 N–H and O–H groups in total. The Bertz CT molecular complexity index is 1030. The van der Waals surface area contributed by atoms with E-state index in [2.05, 4.69) is 52.6 Å². The first-order valence-electron chi connectivity index (χ1n) is 11.0.